The van der Waals surface area contributed by atoms with Gasteiger partial charge in [-0.2, -0.15) is 0 Å². The molecule has 3 amide bonds. The number of carbonyl (C=O) groups is 2. The second-order valence-electron chi connectivity index (χ2n) is 15.9. The summed E-state index contributed by atoms with van der Waals surface area (Å²) in [6.07, 6.45) is 7.20. The zero-order valence-corrected chi connectivity index (χ0v) is 37.4. The van der Waals surface area contributed by atoms with E-state index in [9.17, 15) is 18.0 Å². The molecule has 61 heavy (non-hydrogen) atoms. The van der Waals surface area contributed by atoms with Gasteiger partial charge in [-0.1, -0.05) is 36.4 Å². The van der Waals surface area contributed by atoms with Gasteiger partial charge >= 0.3 is 6.03 Å². The molecule has 0 saturated carbocycles. The highest BCUT2D eigenvalue weighted by molar-refractivity contribution is 7.89. The van der Waals surface area contributed by atoms with Crippen molar-refractivity contribution < 1.29 is 32.2 Å². The molecule has 14 nitrogen and oxygen atoms in total. The molecular weight excluding hydrogens is 795 g/mol. The number of sulfonamides is 1. The van der Waals surface area contributed by atoms with Crippen molar-refractivity contribution >= 4 is 32.9 Å². The highest BCUT2D eigenvalue weighted by atomic mass is 32.2. The number of likely N-dealkylation sites (tertiary alicyclic amines) is 1. The van der Waals surface area contributed by atoms with Gasteiger partial charge in [-0.3, -0.25) is 14.6 Å². The van der Waals surface area contributed by atoms with E-state index in [0.717, 1.165) is 49.2 Å². The number of methoxy groups -OCH3 is 1. The number of para-hydroxylation sites is 2. The molecule has 0 radical (unpaired) electrons. The third-order valence-corrected chi connectivity index (χ3v) is 12.1. The minimum absolute atomic E-state index is 0.00411. The molecule has 0 spiro atoms. The number of fused-ring (bicyclic) bond motifs is 2. The summed E-state index contributed by atoms with van der Waals surface area (Å²) in [4.78, 5) is 35.9. The summed E-state index contributed by atoms with van der Waals surface area (Å²) in [5, 5.41) is 12.8. The summed E-state index contributed by atoms with van der Waals surface area (Å²) in [6.45, 7) is 14.7. The Morgan fingerprint density at radius 2 is 1.80 bits per heavy atom. The molecule has 0 unspecified atom stereocenters. The molecule has 4 atom stereocenters. The predicted octanol–water partition coefficient (Wildman–Crippen LogP) is 5.53. The molecule has 1 aliphatic heterocycles. The number of hydrogen-bond donors (Lipinski definition) is 4. The number of piperidine rings is 1. The molecule has 1 saturated heterocycles. The van der Waals surface area contributed by atoms with Crippen molar-refractivity contribution in [3.8, 4) is 17.2 Å². The lowest BCUT2D eigenvalue weighted by molar-refractivity contribution is -0.135. The molecule has 6 rings (SSSR count). The van der Waals surface area contributed by atoms with Gasteiger partial charge in [0.25, 0.3) is 0 Å². The second kappa shape index (κ2) is 22.2. The normalized spacial score (nSPS) is 17.7. The van der Waals surface area contributed by atoms with Crippen molar-refractivity contribution in [1.29, 1.82) is 0 Å². The van der Waals surface area contributed by atoms with E-state index in [-0.39, 0.29) is 40.5 Å². The van der Waals surface area contributed by atoms with Crippen LogP contribution in [0.4, 0.5) is 4.79 Å². The monoisotopic (exact) mass is 859 g/mol. The Morgan fingerprint density at radius 1 is 1.05 bits per heavy atom. The van der Waals surface area contributed by atoms with Crippen LogP contribution in [0.15, 0.2) is 84.4 Å². The zero-order chi connectivity index (χ0) is 44.1. The van der Waals surface area contributed by atoms with Crippen LogP contribution in [0.3, 0.4) is 0 Å². The minimum atomic E-state index is -3.84. The van der Waals surface area contributed by atoms with Gasteiger partial charge in [-0.05, 0) is 114 Å². The van der Waals surface area contributed by atoms with Crippen LogP contribution in [-0.2, 0) is 27.7 Å². The summed E-state index contributed by atoms with van der Waals surface area (Å²) in [6, 6.07) is 19.2. The number of imide groups is 1. The van der Waals surface area contributed by atoms with Crippen molar-refractivity contribution in [2.75, 3.05) is 73.7 Å². The number of carbonyl (C=O) groups excluding carboxylic acids is 2. The third-order valence-electron chi connectivity index (χ3n) is 11.2. The number of ether oxygens (including phenoxy) is 3. The van der Waals surface area contributed by atoms with Crippen LogP contribution in [0, 0.1) is 5.92 Å². The average molecular weight is 860 g/mol. The molecule has 2 aliphatic rings. The number of nitrogens with two attached hydrogens (primary N) is 1. The first-order chi connectivity index (χ1) is 29.3. The van der Waals surface area contributed by atoms with Gasteiger partial charge in [-0.15, -0.1) is 6.58 Å². The molecular formula is C46H65N7O7S. The van der Waals surface area contributed by atoms with E-state index < -0.39 is 10.0 Å². The van der Waals surface area contributed by atoms with Crippen molar-refractivity contribution in [1.82, 2.24) is 30.3 Å². The summed E-state index contributed by atoms with van der Waals surface area (Å²) >= 11 is 0. The number of urea groups is 1. The van der Waals surface area contributed by atoms with Crippen LogP contribution < -0.4 is 30.0 Å². The predicted molar refractivity (Wildman–Crippen MR) is 241 cm³/mol. The maximum Gasteiger partial charge on any atom is 0.324 e. The van der Waals surface area contributed by atoms with Gasteiger partial charge in [0, 0.05) is 67.8 Å². The van der Waals surface area contributed by atoms with Crippen LogP contribution in [0.25, 0.3) is 10.9 Å². The Labute approximate surface area is 361 Å². The Kier molecular flexibility index (Phi) is 17.2. The Hall–Kier alpha value is -4.93. The van der Waals surface area contributed by atoms with Gasteiger partial charge < -0.3 is 34.7 Å². The lowest BCUT2D eigenvalue weighted by atomic mass is 9.72. The maximum absolute atomic E-state index is 13.7. The van der Waals surface area contributed by atoms with Crippen LogP contribution >= 0.6 is 0 Å². The standard InChI is InChI=1S/C26H37N5O2.C20H28N2O5S/c1-5-11-30-17-19(25(32)31(26(33)27-6-2)13-8-12-29(3)4)14-21-20-9-7-10-22-24(20)18(16-28-22)15-23(21)30;1-4-26-17-7-5-6-8-18(17)27-12-11-22-15(2)13-16-9-10-19(25-3)20(14-16)28(21,23)24/h5,7,9-10,16,19,21,23,28H,1,6,8,11-15,17H2,2-4H3,(H,27,33);5-10,14-15,22H,4,11-13H2,1-3H3,(H2,21,23,24)/t19-,21-,23-;15-/m11/s1. The van der Waals surface area contributed by atoms with Crippen molar-refractivity contribution in [2.24, 2.45) is 11.1 Å². The van der Waals surface area contributed by atoms with E-state index in [2.05, 4.69) is 56.4 Å². The second-order valence-corrected chi connectivity index (χ2v) is 17.5. The van der Waals surface area contributed by atoms with Gasteiger partial charge in [0.15, 0.2) is 11.5 Å². The first-order valence-corrected chi connectivity index (χ1v) is 22.8. The minimum Gasteiger partial charge on any atom is -0.495 e. The number of aromatic nitrogens is 1. The zero-order valence-electron chi connectivity index (χ0n) is 36.6. The van der Waals surface area contributed by atoms with E-state index in [1.165, 1.54) is 28.5 Å². The topological polar surface area (TPSA) is 172 Å². The SMILES string of the molecule is C=CCN1C[C@H](C(=O)N(CCCN(C)C)C(=O)NCC)C[C@@H]2c3cccc4[nH]cc(c34)C[C@H]21.CCOc1ccccc1OCCN[C@H](C)Cc1ccc(OC)c(S(N)(=O)=O)c1. The van der Waals surface area contributed by atoms with E-state index in [4.69, 9.17) is 19.3 Å². The Morgan fingerprint density at radius 3 is 2.48 bits per heavy atom. The van der Waals surface area contributed by atoms with E-state index >= 15 is 0 Å². The number of primary sulfonamides is 1. The number of amides is 3. The number of aromatic amines is 1. The number of rotatable bonds is 19. The molecule has 2 heterocycles. The number of hydrogen-bond acceptors (Lipinski definition) is 10. The van der Waals surface area contributed by atoms with Crippen molar-refractivity contribution in [2.45, 2.75) is 69.4 Å². The summed E-state index contributed by atoms with van der Waals surface area (Å²) in [5.41, 5.74) is 4.70. The summed E-state index contributed by atoms with van der Waals surface area (Å²) in [5.74, 6) is 1.67. The molecule has 1 aliphatic carbocycles. The molecule has 1 fully saturated rings. The molecule has 332 valence electrons. The number of nitrogens with zero attached hydrogens (tertiary/aromatic N) is 3. The van der Waals surface area contributed by atoms with Gasteiger partial charge in [0.2, 0.25) is 15.9 Å². The highest BCUT2D eigenvalue weighted by Gasteiger charge is 2.44. The van der Waals surface area contributed by atoms with Crippen LogP contribution in [0.5, 0.6) is 17.2 Å². The molecule has 4 aromatic rings. The highest BCUT2D eigenvalue weighted by Crippen LogP contribution is 2.45. The smallest absolute Gasteiger partial charge is 0.324 e. The molecule has 1 aromatic heterocycles. The van der Waals surface area contributed by atoms with Crippen LogP contribution in [0.2, 0.25) is 0 Å². The Bertz CT molecular complexity index is 2190. The van der Waals surface area contributed by atoms with Gasteiger partial charge in [-0.25, -0.2) is 18.4 Å². The number of nitrogens with one attached hydrogen (secondary N) is 3. The number of H-pyrrole nitrogens is 1. The molecule has 3 aromatic carbocycles. The van der Waals surface area contributed by atoms with Crippen LogP contribution in [0.1, 0.15) is 56.2 Å². The molecule has 0 bridgehead atoms. The number of benzene rings is 3. The maximum atomic E-state index is 13.7. The van der Waals surface area contributed by atoms with Crippen molar-refractivity contribution in [3.05, 3.63) is 96.2 Å². The van der Waals surface area contributed by atoms with E-state index in [1.807, 2.05) is 71.3 Å². The van der Waals surface area contributed by atoms with Gasteiger partial charge in [0.05, 0.1) is 19.6 Å². The fourth-order valence-electron chi connectivity index (χ4n) is 8.48. The lowest BCUT2D eigenvalue weighted by Gasteiger charge is -2.47. The molecule has 5 N–H and O–H groups in total. The third kappa shape index (κ3) is 12.3. The summed E-state index contributed by atoms with van der Waals surface area (Å²) in [7, 11) is 1.58. The van der Waals surface area contributed by atoms with Crippen molar-refractivity contribution in [3.63, 3.8) is 0 Å². The van der Waals surface area contributed by atoms with E-state index in [1.54, 1.807) is 12.1 Å². The summed E-state index contributed by atoms with van der Waals surface area (Å²) < 4.78 is 39.9. The Balaban J connectivity index is 0.000000234. The first-order valence-electron chi connectivity index (χ1n) is 21.2. The first kappa shape index (κ1) is 47.1. The van der Waals surface area contributed by atoms with Gasteiger partial charge in [0.1, 0.15) is 17.3 Å². The quantitative estimate of drug-likeness (QED) is 0.0694. The average Bonchev–Trinajstić information content (AvgIpc) is 3.65. The largest absolute Gasteiger partial charge is 0.495 e. The van der Waals surface area contributed by atoms with Crippen LogP contribution in [-0.4, -0.2) is 126 Å². The molecule has 15 heteroatoms. The fraction of sp³-hybridized carbons (Fsp3) is 0.478. The fourth-order valence-corrected chi connectivity index (χ4v) is 9.23. The van der Waals surface area contributed by atoms with E-state index in [0.29, 0.717) is 57.6 Å². The lowest BCUT2D eigenvalue weighted by Crippen LogP contribution is -2.55.